The highest BCUT2D eigenvalue weighted by Gasteiger charge is 2.45. The molecule has 2 aromatic rings. The fourth-order valence-corrected chi connectivity index (χ4v) is 5.02. The van der Waals surface area contributed by atoms with E-state index in [2.05, 4.69) is 10.2 Å². The average Bonchev–Trinajstić information content (AvgIpc) is 2.85. The quantitative estimate of drug-likeness (QED) is 0.600. The number of likely N-dealkylation sites (tertiary alicyclic amines) is 1. The number of hydrogen-bond acceptors (Lipinski definition) is 5. The fraction of sp³-hybridized carbons (Fsp3) is 0.400. The average molecular weight is 469 g/mol. The highest BCUT2D eigenvalue weighted by atomic mass is 19.1. The summed E-state index contributed by atoms with van der Waals surface area (Å²) in [5.41, 5.74) is 6.35. The SMILES string of the molecule is NC(=O)C1(N2CCCCC2)CCN(c2ccc(NC(=O)c3ccc(F)cc3)cc2C(=O)O)CC1. The van der Waals surface area contributed by atoms with Gasteiger partial charge < -0.3 is 21.1 Å². The molecule has 0 unspecified atom stereocenters. The molecule has 8 nitrogen and oxygen atoms in total. The number of aromatic carboxylic acids is 1. The summed E-state index contributed by atoms with van der Waals surface area (Å²) in [6, 6.07) is 9.82. The van der Waals surface area contributed by atoms with Crippen molar-refractivity contribution < 1.29 is 23.9 Å². The van der Waals surface area contributed by atoms with Gasteiger partial charge in [0.2, 0.25) is 5.91 Å². The van der Waals surface area contributed by atoms with Gasteiger partial charge in [-0.2, -0.15) is 0 Å². The molecule has 0 spiro atoms. The Morgan fingerprint density at radius 2 is 1.59 bits per heavy atom. The van der Waals surface area contributed by atoms with Crippen molar-refractivity contribution in [3.63, 3.8) is 0 Å². The summed E-state index contributed by atoms with van der Waals surface area (Å²) in [6.45, 7) is 2.71. The number of piperidine rings is 2. The molecule has 9 heteroatoms. The van der Waals surface area contributed by atoms with Crippen LogP contribution in [0.4, 0.5) is 15.8 Å². The molecule has 0 radical (unpaired) electrons. The molecule has 180 valence electrons. The zero-order valence-electron chi connectivity index (χ0n) is 18.9. The number of nitrogens with two attached hydrogens (primary N) is 1. The van der Waals surface area contributed by atoms with E-state index in [0.717, 1.165) is 32.4 Å². The Morgan fingerprint density at radius 3 is 2.18 bits per heavy atom. The van der Waals surface area contributed by atoms with Gasteiger partial charge in [-0.25, -0.2) is 9.18 Å². The number of carbonyl (C=O) groups is 3. The predicted octanol–water partition coefficient (Wildman–Crippen LogP) is 3.09. The number of nitrogens with one attached hydrogen (secondary N) is 1. The van der Waals surface area contributed by atoms with E-state index in [4.69, 9.17) is 5.73 Å². The third-order valence-corrected chi connectivity index (χ3v) is 6.94. The third-order valence-electron chi connectivity index (χ3n) is 6.94. The Labute approximate surface area is 197 Å². The molecule has 2 aliphatic heterocycles. The highest BCUT2D eigenvalue weighted by Crippen LogP contribution is 2.35. The van der Waals surface area contributed by atoms with Crippen LogP contribution in [0.3, 0.4) is 0 Å². The predicted molar refractivity (Wildman–Crippen MR) is 127 cm³/mol. The monoisotopic (exact) mass is 468 g/mol. The maximum Gasteiger partial charge on any atom is 0.337 e. The van der Waals surface area contributed by atoms with Crippen LogP contribution >= 0.6 is 0 Å². The van der Waals surface area contributed by atoms with Crippen LogP contribution in [0.5, 0.6) is 0 Å². The maximum atomic E-state index is 13.1. The molecule has 4 N–H and O–H groups in total. The zero-order chi connectivity index (χ0) is 24.3. The first-order chi connectivity index (χ1) is 16.3. The molecule has 2 heterocycles. The molecular weight excluding hydrogens is 439 g/mol. The fourth-order valence-electron chi connectivity index (χ4n) is 5.02. The molecule has 34 heavy (non-hydrogen) atoms. The van der Waals surface area contributed by atoms with Crippen molar-refractivity contribution >= 4 is 29.2 Å². The van der Waals surface area contributed by atoms with E-state index in [1.165, 1.54) is 30.3 Å². The second kappa shape index (κ2) is 9.80. The van der Waals surface area contributed by atoms with E-state index >= 15 is 0 Å². The first-order valence-corrected chi connectivity index (χ1v) is 11.5. The van der Waals surface area contributed by atoms with Crippen LogP contribution in [0.2, 0.25) is 0 Å². The summed E-state index contributed by atoms with van der Waals surface area (Å²) in [6.07, 6.45) is 4.32. The number of primary amides is 1. The lowest BCUT2D eigenvalue weighted by Crippen LogP contribution is -2.63. The summed E-state index contributed by atoms with van der Waals surface area (Å²) in [5, 5.41) is 12.5. The van der Waals surface area contributed by atoms with Gasteiger partial charge in [0.25, 0.3) is 5.91 Å². The van der Waals surface area contributed by atoms with Crippen molar-refractivity contribution in [3.8, 4) is 0 Å². The molecule has 2 saturated heterocycles. The van der Waals surface area contributed by atoms with Gasteiger partial charge in [-0.05, 0) is 81.2 Å². The summed E-state index contributed by atoms with van der Waals surface area (Å²) in [4.78, 5) is 41.1. The Kier molecular flexibility index (Phi) is 6.83. The summed E-state index contributed by atoms with van der Waals surface area (Å²) in [7, 11) is 0. The maximum absolute atomic E-state index is 13.1. The molecule has 2 aliphatic rings. The number of nitrogens with zero attached hydrogens (tertiary/aromatic N) is 2. The minimum atomic E-state index is -1.12. The Morgan fingerprint density at radius 1 is 0.941 bits per heavy atom. The number of benzene rings is 2. The molecule has 0 bridgehead atoms. The number of amides is 2. The van der Waals surface area contributed by atoms with Gasteiger partial charge in [0.15, 0.2) is 0 Å². The second-order valence-electron chi connectivity index (χ2n) is 8.93. The van der Waals surface area contributed by atoms with Crippen molar-refractivity contribution in [1.29, 1.82) is 0 Å². The van der Waals surface area contributed by atoms with E-state index < -0.39 is 23.2 Å². The van der Waals surface area contributed by atoms with Gasteiger partial charge in [-0.3, -0.25) is 14.5 Å². The lowest BCUT2D eigenvalue weighted by Gasteiger charge is -2.48. The van der Waals surface area contributed by atoms with Gasteiger partial charge in [0.1, 0.15) is 11.4 Å². The van der Waals surface area contributed by atoms with Gasteiger partial charge in [-0.1, -0.05) is 6.42 Å². The first-order valence-electron chi connectivity index (χ1n) is 11.5. The summed E-state index contributed by atoms with van der Waals surface area (Å²) < 4.78 is 13.1. The van der Waals surface area contributed by atoms with E-state index in [9.17, 15) is 23.9 Å². The van der Waals surface area contributed by atoms with Crippen LogP contribution in [0.25, 0.3) is 0 Å². The Hall–Kier alpha value is -3.46. The smallest absolute Gasteiger partial charge is 0.337 e. The number of carbonyl (C=O) groups excluding carboxylic acids is 2. The Balaban J connectivity index is 1.51. The molecule has 0 aromatic heterocycles. The van der Waals surface area contributed by atoms with Crippen molar-refractivity contribution in [3.05, 3.63) is 59.4 Å². The molecule has 2 aromatic carbocycles. The molecule has 0 aliphatic carbocycles. The van der Waals surface area contributed by atoms with Crippen molar-refractivity contribution in [2.24, 2.45) is 5.73 Å². The number of rotatable bonds is 6. The van der Waals surface area contributed by atoms with E-state index in [0.29, 0.717) is 37.3 Å². The summed E-state index contributed by atoms with van der Waals surface area (Å²) in [5.74, 6) is -2.34. The molecule has 0 atom stereocenters. The molecular formula is C25H29FN4O4. The van der Waals surface area contributed by atoms with Crippen molar-refractivity contribution in [2.75, 3.05) is 36.4 Å². The topological polar surface area (TPSA) is 116 Å². The minimum Gasteiger partial charge on any atom is -0.478 e. The van der Waals surface area contributed by atoms with Gasteiger partial charge in [0.05, 0.1) is 11.3 Å². The van der Waals surface area contributed by atoms with Crippen molar-refractivity contribution in [2.45, 2.75) is 37.6 Å². The van der Waals surface area contributed by atoms with Crippen LogP contribution in [0, 0.1) is 5.82 Å². The van der Waals surface area contributed by atoms with E-state index in [-0.39, 0.29) is 17.0 Å². The minimum absolute atomic E-state index is 0.0569. The van der Waals surface area contributed by atoms with E-state index in [1.54, 1.807) is 12.1 Å². The first kappa shape index (κ1) is 23.7. The van der Waals surface area contributed by atoms with Crippen LogP contribution in [0.1, 0.15) is 52.8 Å². The van der Waals surface area contributed by atoms with Crippen LogP contribution in [-0.4, -0.2) is 59.5 Å². The van der Waals surface area contributed by atoms with Crippen LogP contribution in [0.15, 0.2) is 42.5 Å². The van der Waals surface area contributed by atoms with Crippen LogP contribution in [-0.2, 0) is 4.79 Å². The van der Waals surface area contributed by atoms with E-state index in [1.807, 2.05) is 4.90 Å². The van der Waals surface area contributed by atoms with Gasteiger partial charge >= 0.3 is 5.97 Å². The number of anilines is 2. The standard InChI is InChI=1S/C25H29FN4O4/c26-18-6-4-17(5-7-18)22(31)28-19-8-9-21(20(16-19)23(32)33)29-14-10-25(11-15-29,24(27)34)30-12-2-1-3-13-30/h4-9,16H,1-3,10-15H2,(H2,27,34)(H,28,31)(H,32,33). The summed E-state index contributed by atoms with van der Waals surface area (Å²) >= 11 is 0. The van der Waals surface area contributed by atoms with Crippen LogP contribution < -0.4 is 16.0 Å². The molecule has 2 fully saturated rings. The number of carboxylic acid groups (broad SMARTS) is 1. The largest absolute Gasteiger partial charge is 0.478 e. The molecule has 2 amide bonds. The zero-order valence-corrected chi connectivity index (χ0v) is 18.9. The molecule has 4 rings (SSSR count). The number of carboxylic acids is 1. The second-order valence-corrected chi connectivity index (χ2v) is 8.93. The number of hydrogen-bond donors (Lipinski definition) is 3. The lowest BCUT2D eigenvalue weighted by atomic mass is 9.83. The molecule has 0 saturated carbocycles. The third kappa shape index (κ3) is 4.75. The van der Waals surface area contributed by atoms with Crippen molar-refractivity contribution in [1.82, 2.24) is 4.90 Å². The number of halogens is 1. The van der Waals surface area contributed by atoms with Gasteiger partial charge in [0, 0.05) is 24.3 Å². The lowest BCUT2D eigenvalue weighted by molar-refractivity contribution is -0.132. The normalized spacial score (nSPS) is 18.3. The highest BCUT2D eigenvalue weighted by molar-refractivity contribution is 6.05. The Bertz CT molecular complexity index is 1070. The van der Waals surface area contributed by atoms with Gasteiger partial charge in [-0.15, -0.1) is 0 Å².